The molecule has 0 radical (unpaired) electrons. The van der Waals surface area contributed by atoms with Crippen molar-refractivity contribution in [2.45, 2.75) is 0 Å². The smallest absolute Gasteiger partial charge is 0.276 e. The average molecular weight is 344 g/mol. The van der Waals surface area contributed by atoms with E-state index in [0.717, 1.165) is 4.47 Å². The summed E-state index contributed by atoms with van der Waals surface area (Å²) >= 11 is 3.35. The minimum atomic E-state index is -0.312. The van der Waals surface area contributed by atoms with Crippen molar-refractivity contribution in [2.24, 2.45) is 0 Å². The highest BCUT2D eigenvalue weighted by Gasteiger charge is 2.09. The number of anilines is 1. The normalized spacial score (nSPS) is 10.3. The molecule has 0 aliphatic heterocycles. The van der Waals surface area contributed by atoms with Gasteiger partial charge in [-0.3, -0.25) is 4.79 Å². The van der Waals surface area contributed by atoms with E-state index in [4.69, 9.17) is 0 Å². The van der Waals surface area contributed by atoms with Crippen LogP contribution in [0.15, 0.2) is 59.3 Å². The molecule has 1 aromatic carbocycles. The van der Waals surface area contributed by atoms with E-state index < -0.39 is 0 Å². The van der Waals surface area contributed by atoms with E-state index in [-0.39, 0.29) is 11.6 Å². The molecule has 0 saturated heterocycles. The Morgan fingerprint density at radius 3 is 2.71 bits per heavy atom. The highest BCUT2D eigenvalue weighted by atomic mass is 79.9. The van der Waals surface area contributed by atoms with E-state index in [2.05, 4.69) is 36.5 Å². The zero-order valence-corrected chi connectivity index (χ0v) is 12.4. The number of carbonyl (C=O) groups excluding carboxylic acids is 1. The van der Waals surface area contributed by atoms with Crippen molar-refractivity contribution in [3.05, 3.63) is 65.0 Å². The molecule has 0 aliphatic rings. The van der Waals surface area contributed by atoms with Gasteiger partial charge in [0.05, 0.1) is 0 Å². The van der Waals surface area contributed by atoms with Gasteiger partial charge in [0.25, 0.3) is 5.91 Å². The maximum atomic E-state index is 12.1. The summed E-state index contributed by atoms with van der Waals surface area (Å²) in [6.45, 7) is 0. The van der Waals surface area contributed by atoms with Crippen molar-refractivity contribution in [3.8, 4) is 5.82 Å². The predicted octanol–water partition coefficient (Wildman–Crippen LogP) is 2.68. The Morgan fingerprint density at radius 2 is 2.05 bits per heavy atom. The Hall–Kier alpha value is -2.54. The summed E-state index contributed by atoms with van der Waals surface area (Å²) in [5.41, 5.74) is 0.929. The second kappa shape index (κ2) is 5.84. The van der Waals surface area contributed by atoms with Crippen LogP contribution in [0.2, 0.25) is 0 Å². The summed E-state index contributed by atoms with van der Waals surface area (Å²) in [5.74, 6) is 0.242. The second-order valence-electron chi connectivity index (χ2n) is 4.19. The third kappa shape index (κ3) is 3.14. The molecule has 0 saturated carbocycles. The Labute approximate surface area is 129 Å². The minimum absolute atomic E-state index is 0.242. The SMILES string of the molecule is O=C(Nc1cccc(Br)c1)c1ccc(-n2cccn2)nn1. The lowest BCUT2D eigenvalue weighted by atomic mass is 10.3. The molecule has 21 heavy (non-hydrogen) atoms. The maximum Gasteiger partial charge on any atom is 0.276 e. The first-order valence-electron chi connectivity index (χ1n) is 6.13. The van der Waals surface area contributed by atoms with Crippen LogP contribution in [0.25, 0.3) is 5.82 Å². The van der Waals surface area contributed by atoms with Crippen molar-refractivity contribution >= 4 is 27.5 Å². The first kappa shape index (κ1) is 13.4. The zero-order chi connectivity index (χ0) is 14.7. The van der Waals surface area contributed by atoms with E-state index in [1.807, 2.05) is 18.2 Å². The van der Waals surface area contributed by atoms with Gasteiger partial charge in [0.2, 0.25) is 0 Å². The zero-order valence-electron chi connectivity index (χ0n) is 10.8. The first-order chi connectivity index (χ1) is 10.2. The highest BCUT2D eigenvalue weighted by molar-refractivity contribution is 9.10. The number of amides is 1. The highest BCUT2D eigenvalue weighted by Crippen LogP contribution is 2.16. The van der Waals surface area contributed by atoms with E-state index in [9.17, 15) is 4.79 Å². The molecule has 7 heteroatoms. The average Bonchev–Trinajstić information content (AvgIpc) is 3.01. The van der Waals surface area contributed by atoms with Crippen LogP contribution in [0.4, 0.5) is 5.69 Å². The number of halogens is 1. The predicted molar refractivity (Wildman–Crippen MR) is 81.2 cm³/mol. The number of nitrogens with one attached hydrogen (secondary N) is 1. The summed E-state index contributed by atoms with van der Waals surface area (Å²) in [6.07, 6.45) is 3.40. The Morgan fingerprint density at radius 1 is 1.14 bits per heavy atom. The second-order valence-corrected chi connectivity index (χ2v) is 5.11. The van der Waals surface area contributed by atoms with Crippen LogP contribution in [-0.2, 0) is 0 Å². The van der Waals surface area contributed by atoms with Crippen LogP contribution in [-0.4, -0.2) is 25.9 Å². The van der Waals surface area contributed by atoms with Gasteiger partial charge in [0.15, 0.2) is 11.5 Å². The van der Waals surface area contributed by atoms with Crippen molar-refractivity contribution in [1.82, 2.24) is 20.0 Å². The minimum Gasteiger partial charge on any atom is -0.321 e. The van der Waals surface area contributed by atoms with Crippen molar-refractivity contribution in [1.29, 1.82) is 0 Å². The first-order valence-corrected chi connectivity index (χ1v) is 6.92. The van der Waals surface area contributed by atoms with Crippen molar-refractivity contribution in [3.63, 3.8) is 0 Å². The molecule has 6 nitrogen and oxygen atoms in total. The van der Waals surface area contributed by atoms with Gasteiger partial charge in [-0.15, -0.1) is 10.2 Å². The molecule has 1 N–H and O–H groups in total. The van der Waals surface area contributed by atoms with Crippen molar-refractivity contribution < 1.29 is 4.79 Å². The molecule has 0 bridgehead atoms. The van der Waals surface area contributed by atoms with Crippen LogP contribution < -0.4 is 5.32 Å². The lowest BCUT2D eigenvalue weighted by molar-refractivity contribution is 0.102. The Bertz CT molecular complexity index is 755. The fraction of sp³-hybridized carbons (Fsp3) is 0. The number of hydrogen-bond donors (Lipinski definition) is 1. The van der Waals surface area contributed by atoms with E-state index >= 15 is 0 Å². The van der Waals surface area contributed by atoms with Crippen LogP contribution >= 0.6 is 15.9 Å². The molecule has 2 aromatic heterocycles. The molecule has 0 spiro atoms. The van der Waals surface area contributed by atoms with E-state index in [0.29, 0.717) is 11.5 Å². The monoisotopic (exact) mass is 343 g/mol. The molecular formula is C14H10BrN5O. The van der Waals surface area contributed by atoms with Gasteiger partial charge in [-0.05, 0) is 36.4 Å². The van der Waals surface area contributed by atoms with Gasteiger partial charge >= 0.3 is 0 Å². The molecule has 3 rings (SSSR count). The Balaban J connectivity index is 1.76. The number of aromatic nitrogens is 4. The fourth-order valence-corrected chi connectivity index (χ4v) is 2.13. The topological polar surface area (TPSA) is 72.7 Å². The van der Waals surface area contributed by atoms with Crippen LogP contribution in [0.3, 0.4) is 0 Å². The van der Waals surface area contributed by atoms with Gasteiger partial charge < -0.3 is 5.32 Å². The standard InChI is InChI=1S/C14H10BrN5O/c15-10-3-1-4-11(9-10)17-14(21)12-5-6-13(19-18-12)20-8-2-7-16-20/h1-9H,(H,17,21). The molecule has 3 aromatic rings. The molecule has 0 unspecified atom stereocenters. The van der Waals surface area contributed by atoms with Crippen LogP contribution in [0, 0.1) is 0 Å². The number of carbonyl (C=O) groups is 1. The lowest BCUT2D eigenvalue weighted by Crippen LogP contribution is -2.15. The van der Waals surface area contributed by atoms with E-state index in [1.165, 1.54) is 0 Å². The summed E-state index contributed by atoms with van der Waals surface area (Å²) in [5, 5.41) is 14.7. The molecular weight excluding hydrogens is 334 g/mol. The van der Waals surface area contributed by atoms with Crippen molar-refractivity contribution in [2.75, 3.05) is 5.32 Å². The van der Waals surface area contributed by atoms with Gasteiger partial charge in [0, 0.05) is 22.6 Å². The quantitative estimate of drug-likeness (QED) is 0.793. The van der Waals surface area contributed by atoms with Gasteiger partial charge in [0.1, 0.15) is 0 Å². The maximum absolute atomic E-state index is 12.1. The van der Waals surface area contributed by atoms with E-state index in [1.54, 1.807) is 41.3 Å². The largest absolute Gasteiger partial charge is 0.321 e. The number of rotatable bonds is 3. The summed E-state index contributed by atoms with van der Waals surface area (Å²) in [6, 6.07) is 12.4. The molecule has 2 heterocycles. The van der Waals surface area contributed by atoms with Crippen LogP contribution in [0.1, 0.15) is 10.5 Å². The number of nitrogens with zero attached hydrogens (tertiary/aromatic N) is 4. The summed E-state index contributed by atoms with van der Waals surface area (Å²) < 4.78 is 2.46. The Kier molecular flexibility index (Phi) is 3.74. The molecule has 104 valence electrons. The number of benzene rings is 1. The third-order valence-corrected chi connectivity index (χ3v) is 3.20. The summed E-state index contributed by atoms with van der Waals surface area (Å²) in [7, 11) is 0. The molecule has 0 atom stereocenters. The summed E-state index contributed by atoms with van der Waals surface area (Å²) in [4.78, 5) is 12.1. The number of hydrogen-bond acceptors (Lipinski definition) is 4. The van der Waals surface area contributed by atoms with Gasteiger partial charge in [-0.1, -0.05) is 22.0 Å². The lowest BCUT2D eigenvalue weighted by Gasteiger charge is -2.05. The van der Waals surface area contributed by atoms with Crippen LogP contribution in [0.5, 0.6) is 0 Å². The van der Waals surface area contributed by atoms with Gasteiger partial charge in [-0.2, -0.15) is 5.10 Å². The molecule has 0 aliphatic carbocycles. The fourth-order valence-electron chi connectivity index (χ4n) is 1.73. The molecule has 1 amide bonds. The third-order valence-electron chi connectivity index (χ3n) is 2.70. The molecule has 0 fully saturated rings. The van der Waals surface area contributed by atoms with Gasteiger partial charge in [-0.25, -0.2) is 4.68 Å².